The van der Waals surface area contributed by atoms with E-state index in [1.165, 1.54) is 28.9 Å². The van der Waals surface area contributed by atoms with Crippen LogP contribution in [-0.2, 0) is 26.1 Å². The number of fused-ring (bicyclic) bond motifs is 1. The Bertz CT molecular complexity index is 1490. The molecule has 0 bridgehead atoms. The summed E-state index contributed by atoms with van der Waals surface area (Å²) >= 11 is 0. The molecule has 1 amide bonds. The molecule has 1 aliphatic rings. The number of hydrogen-bond acceptors (Lipinski definition) is 6. The van der Waals surface area contributed by atoms with Crippen molar-refractivity contribution in [1.82, 2.24) is 9.78 Å². The van der Waals surface area contributed by atoms with Crippen molar-refractivity contribution in [2.45, 2.75) is 23.8 Å². The van der Waals surface area contributed by atoms with E-state index < -0.39 is 14.8 Å². The number of benzene rings is 3. The molecule has 0 unspecified atom stereocenters. The molecular weight excluding hydrogens is 480 g/mol. The molecule has 9 nitrogen and oxygen atoms in total. The largest absolute Gasteiger partial charge is 0.310 e. The molecular formula is C26H22N4O5S. The van der Waals surface area contributed by atoms with Crippen molar-refractivity contribution >= 4 is 27.2 Å². The highest BCUT2D eigenvalue weighted by atomic mass is 32.2. The lowest BCUT2D eigenvalue weighted by Gasteiger charge is -2.18. The predicted octanol–water partition coefficient (Wildman–Crippen LogP) is 4.37. The molecule has 5 rings (SSSR count). The van der Waals surface area contributed by atoms with Gasteiger partial charge in [0.2, 0.25) is 5.91 Å². The Labute approximate surface area is 207 Å². The minimum absolute atomic E-state index is 0.0832. The van der Waals surface area contributed by atoms with Gasteiger partial charge in [0.1, 0.15) is 5.82 Å². The Balaban J connectivity index is 1.49. The van der Waals surface area contributed by atoms with Crippen molar-refractivity contribution < 1.29 is 18.1 Å². The first kappa shape index (κ1) is 23.4. The number of sulfone groups is 1. The summed E-state index contributed by atoms with van der Waals surface area (Å²) in [6.45, 7) is 0. The summed E-state index contributed by atoms with van der Waals surface area (Å²) in [4.78, 5) is 23.9. The molecule has 0 spiro atoms. The van der Waals surface area contributed by atoms with Crippen molar-refractivity contribution in [1.29, 1.82) is 0 Å². The van der Waals surface area contributed by atoms with Crippen LogP contribution in [0.25, 0.3) is 5.69 Å². The maximum atomic E-state index is 13.4. The highest BCUT2D eigenvalue weighted by Crippen LogP contribution is 2.34. The zero-order valence-electron chi connectivity index (χ0n) is 19.1. The van der Waals surface area contributed by atoms with Gasteiger partial charge in [0.05, 0.1) is 27.8 Å². The monoisotopic (exact) mass is 502 g/mol. The molecule has 1 aromatic heterocycles. The molecule has 182 valence electrons. The zero-order valence-corrected chi connectivity index (χ0v) is 19.9. The molecule has 0 saturated carbocycles. The van der Waals surface area contributed by atoms with E-state index in [0.717, 1.165) is 11.1 Å². The number of carbonyl (C=O) groups is 1. The molecule has 0 radical (unpaired) electrons. The standard InChI is InChI=1S/C26H22N4O5S/c31-25(15-22(18-7-3-1-4-8-18)19-9-5-2-6-10-19)27-26-23-16-36(34,35)17-24(23)28-29(26)20-11-13-21(14-12-20)30(32)33/h1-14,22H,15-17H2,(H,27,31). The molecule has 10 heteroatoms. The Morgan fingerprint density at radius 2 is 1.53 bits per heavy atom. The van der Waals surface area contributed by atoms with Gasteiger partial charge in [-0.15, -0.1) is 0 Å². The van der Waals surface area contributed by atoms with Gasteiger partial charge >= 0.3 is 0 Å². The summed E-state index contributed by atoms with van der Waals surface area (Å²) in [5.74, 6) is -0.694. The number of nitro benzene ring substituents is 1. The lowest BCUT2D eigenvalue weighted by molar-refractivity contribution is -0.384. The first-order valence-electron chi connectivity index (χ1n) is 11.3. The third-order valence-corrected chi connectivity index (χ3v) is 7.59. The van der Waals surface area contributed by atoms with Crippen molar-refractivity contribution in [2.24, 2.45) is 0 Å². The minimum atomic E-state index is -3.36. The van der Waals surface area contributed by atoms with Gasteiger partial charge < -0.3 is 5.32 Å². The quantitative estimate of drug-likeness (QED) is 0.296. The van der Waals surface area contributed by atoms with Crippen LogP contribution in [0.3, 0.4) is 0 Å². The smallest absolute Gasteiger partial charge is 0.269 e. The minimum Gasteiger partial charge on any atom is -0.310 e. The van der Waals surface area contributed by atoms with Crippen LogP contribution in [0, 0.1) is 10.1 Å². The summed E-state index contributed by atoms with van der Waals surface area (Å²) in [7, 11) is -3.36. The fraction of sp³-hybridized carbons (Fsp3) is 0.154. The highest BCUT2D eigenvalue weighted by molar-refractivity contribution is 7.90. The molecule has 4 aromatic rings. The number of aromatic nitrogens is 2. The normalized spacial score (nSPS) is 13.9. The molecule has 0 aliphatic carbocycles. The summed E-state index contributed by atoms with van der Waals surface area (Å²) in [5, 5.41) is 18.4. The third-order valence-electron chi connectivity index (χ3n) is 6.14. The van der Waals surface area contributed by atoms with Crippen molar-refractivity contribution in [3.63, 3.8) is 0 Å². The van der Waals surface area contributed by atoms with Crippen molar-refractivity contribution in [2.75, 3.05) is 5.32 Å². The first-order valence-corrected chi connectivity index (χ1v) is 13.1. The van der Waals surface area contributed by atoms with Crippen LogP contribution in [0.5, 0.6) is 0 Å². The number of nitrogens with zero attached hydrogens (tertiary/aromatic N) is 3. The Morgan fingerprint density at radius 3 is 2.08 bits per heavy atom. The van der Waals surface area contributed by atoms with Crippen LogP contribution in [-0.4, -0.2) is 29.0 Å². The van der Waals surface area contributed by atoms with E-state index in [2.05, 4.69) is 10.4 Å². The zero-order chi connectivity index (χ0) is 25.3. The van der Waals surface area contributed by atoms with E-state index in [1.807, 2.05) is 60.7 Å². The van der Waals surface area contributed by atoms with Crippen LogP contribution in [0.1, 0.15) is 34.7 Å². The Hall–Kier alpha value is -4.31. The van der Waals surface area contributed by atoms with Gasteiger partial charge in [0, 0.05) is 30.0 Å². The van der Waals surface area contributed by atoms with Gasteiger partial charge in [0.25, 0.3) is 5.69 Å². The average Bonchev–Trinajstić information content (AvgIpc) is 3.35. The second kappa shape index (κ2) is 9.38. The molecule has 3 aromatic carbocycles. The summed E-state index contributed by atoms with van der Waals surface area (Å²) in [6.07, 6.45) is 0.126. The third kappa shape index (κ3) is 4.76. The van der Waals surface area contributed by atoms with E-state index in [1.54, 1.807) is 0 Å². The van der Waals surface area contributed by atoms with E-state index in [4.69, 9.17) is 0 Å². The number of nitro groups is 1. The SMILES string of the molecule is O=C(CC(c1ccccc1)c1ccccc1)Nc1c2c(nn1-c1ccc([N+](=O)[O-])cc1)CS(=O)(=O)C2. The van der Waals surface area contributed by atoms with Gasteiger partial charge in [-0.3, -0.25) is 14.9 Å². The topological polar surface area (TPSA) is 124 Å². The first-order chi connectivity index (χ1) is 17.3. The van der Waals surface area contributed by atoms with Crippen LogP contribution in [0.15, 0.2) is 84.9 Å². The number of amides is 1. The summed E-state index contributed by atoms with van der Waals surface area (Å²) in [5.41, 5.74) is 3.17. The maximum absolute atomic E-state index is 13.4. The van der Waals surface area contributed by atoms with Crippen LogP contribution >= 0.6 is 0 Å². The highest BCUT2D eigenvalue weighted by Gasteiger charge is 2.33. The molecule has 0 atom stereocenters. The second-order valence-electron chi connectivity index (χ2n) is 8.62. The van der Waals surface area contributed by atoms with Gasteiger partial charge in [-0.1, -0.05) is 60.7 Å². The molecule has 36 heavy (non-hydrogen) atoms. The van der Waals surface area contributed by atoms with E-state index in [0.29, 0.717) is 16.9 Å². The molecule has 2 heterocycles. The molecule has 0 saturated heterocycles. The van der Waals surface area contributed by atoms with Gasteiger partial charge in [-0.2, -0.15) is 5.10 Å². The van der Waals surface area contributed by atoms with Crippen LogP contribution in [0.4, 0.5) is 11.5 Å². The summed E-state index contributed by atoms with van der Waals surface area (Å²) < 4.78 is 26.0. The van der Waals surface area contributed by atoms with Gasteiger partial charge in [-0.05, 0) is 23.3 Å². The number of hydrogen-bond donors (Lipinski definition) is 1. The van der Waals surface area contributed by atoms with E-state index in [-0.39, 0.29) is 41.3 Å². The van der Waals surface area contributed by atoms with Crippen molar-refractivity contribution in [3.8, 4) is 5.69 Å². The van der Waals surface area contributed by atoms with Crippen molar-refractivity contribution in [3.05, 3.63) is 117 Å². The number of carbonyl (C=O) groups excluding carboxylic acids is 1. The van der Waals surface area contributed by atoms with Crippen LogP contribution < -0.4 is 5.32 Å². The Kier molecular flexibility index (Phi) is 6.11. The Morgan fingerprint density at radius 1 is 0.944 bits per heavy atom. The van der Waals surface area contributed by atoms with Gasteiger partial charge in [-0.25, -0.2) is 13.1 Å². The van der Waals surface area contributed by atoms with Crippen LogP contribution in [0.2, 0.25) is 0 Å². The molecule has 1 N–H and O–H groups in total. The number of nitrogens with one attached hydrogen (secondary N) is 1. The maximum Gasteiger partial charge on any atom is 0.269 e. The average molecular weight is 503 g/mol. The fourth-order valence-corrected chi connectivity index (χ4v) is 5.93. The lowest BCUT2D eigenvalue weighted by Crippen LogP contribution is -2.19. The molecule has 1 aliphatic heterocycles. The predicted molar refractivity (Wildman–Crippen MR) is 135 cm³/mol. The summed E-state index contributed by atoms with van der Waals surface area (Å²) in [6, 6.07) is 25.1. The lowest BCUT2D eigenvalue weighted by atomic mass is 9.88. The number of rotatable bonds is 7. The van der Waals surface area contributed by atoms with Gasteiger partial charge in [0.15, 0.2) is 9.84 Å². The van der Waals surface area contributed by atoms with E-state index in [9.17, 15) is 23.3 Å². The number of non-ortho nitro benzene ring substituents is 1. The van der Waals surface area contributed by atoms with E-state index >= 15 is 0 Å². The number of anilines is 1. The molecule has 0 fully saturated rings. The fourth-order valence-electron chi connectivity index (χ4n) is 4.44. The second-order valence-corrected chi connectivity index (χ2v) is 10.7.